The number of carbonyl (C=O) groups is 3. The van der Waals surface area contributed by atoms with Crippen LogP contribution < -0.4 is 15.5 Å². The lowest BCUT2D eigenvalue weighted by molar-refractivity contribution is -0.133. The topological polar surface area (TPSA) is 78.5 Å². The summed E-state index contributed by atoms with van der Waals surface area (Å²) in [5.74, 6) is -9.14. The van der Waals surface area contributed by atoms with Gasteiger partial charge in [0.1, 0.15) is 11.4 Å². The molecule has 11 heteroatoms. The Bertz CT molecular complexity index is 1200. The van der Waals surface area contributed by atoms with E-state index in [0.717, 1.165) is 30.4 Å². The lowest BCUT2D eigenvalue weighted by Gasteiger charge is -2.39. The van der Waals surface area contributed by atoms with Crippen LogP contribution in [0, 0.1) is 36.0 Å². The molecule has 0 radical (unpaired) electrons. The lowest BCUT2D eigenvalue weighted by Crippen LogP contribution is -2.63. The predicted molar refractivity (Wildman–Crippen MR) is 124 cm³/mol. The van der Waals surface area contributed by atoms with E-state index in [1.165, 1.54) is 12.1 Å². The number of nitrogens with zero attached hydrogens (tertiary/aromatic N) is 1. The van der Waals surface area contributed by atoms with Gasteiger partial charge in [-0.1, -0.05) is 19.3 Å². The zero-order valence-electron chi connectivity index (χ0n) is 20.1. The molecule has 1 heterocycles. The summed E-state index contributed by atoms with van der Waals surface area (Å²) in [7, 11) is 0. The largest absolute Gasteiger partial charge is 0.361 e. The Morgan fingerprint density at radius 3 is 2.16 bits per heavy atom. The van der Waals surface area contributed by atoms with Crippen LogP contribution in [0.2, 0.25) is 0 Å². The third kappa shape index (κ3) is 5.17. The Morgan fingerprint density at radius 2 is 1.54 bits per heavy atom. The molecule has 37 heavy (non-hydrogen) atoms. The van der Waals surface area contributed by atoms with Gasteiger partial charge in [-0.15, -0.1) is 0 Å². The van der Waals surface area contributed by atoms with E-state index in [9.17, 15) is 36.3 Å². The van der Waals surface area contributed by atoms with Gasteiger partial charge in [0.2, 0.25) is 5.91 Å². The van der Waals surface area contributed by atoms with E-state index in [4.69, 9.17) is 0 Å². The van der Waals surface area contributed by atoms with Crippen molar-refractivity contribution in [2.75, 3.05) is 18.0 Å². The molecule has 6 nitrogen and oxygen atoms in total. The van der Waals surface area contributed by atoms with E-state index < -0.39 is 76.1 Å². The van der Waals surface area contributed by atoms with Crippen LogP contribution >= 0.6 is 0 Å². The van der Waals surface area contributed by atoms with Crippen LogP contribution in [0.25, 0.3) is 0 Å². The molecule has 2 N–H and O–H groups in total. The zero-order chi connectivity index (χ0) is 26.9. The first kappa shape index (κ1) is 26.6. The number of hydrogen-bond donors (Lipinski definition) is 2. The maximum Gasteiger partial charge on any atom is 0.252 e. The summed E-state index contributed by atoms with van der Waals surface area (Å²) in [5, 5.41) is 5.46. The molecule has 0 aromatic heterocycles. The number of anilines is 1. The maximum absolute atomic E-state index is 14.4. The molecule has 198 valence electrons. The molecule has 0 spiro atoms. The fourth-order valence-electron chi connectivity index (χ4n) is 5.02. The van der Waals surface area contributed by atoms with Crippen LogP contribution in [0.4, 0.5) is 27.6 Å². The molecule has 2 amide bonds. The molecule has 2 aromatic carbocycles. The molecule has 1 atom stereocenters. The van der Waals surface area contributed by atoms with Gasteiger partial charge < -0.3 is 15.5 Å². The molecule has 1 saturated carbocycles. The summed E-state index contributed by atoms with van der Waals surface area (Å²) in [6.07, 6.45) is 2.91. The highest BCUT2D eigenvalue weighted by Gasteiger charge is 2.43. The molecule has 2 aromatic rings. The second-order valence-corrected chi connectivity index (χ2v) is 9.54. The minimum absolute atomic E-state index is 0.00601. The van der Waals surface area contributed by atoms with Crippen molar-refractivity contribution < 1.29 is 36.3 Å². The van der Waals surface area contributed by atoms with Gasteiger partial charge in [0.15, 0.2) is 29.1 Å². The molecule has 1 unspecified atom stereocenters. The van der Waals surface area contributed by atoms with Crippen LogP contribution in [0.5, 0.6) is 0 Å². The molecular formula is C26H26F5N3O3. The van der Waals surface area contributed by atoms with Gasteiger partial charge in [0.05, 0.1) is 18.3 Å². The number of piperidine rings is 1. The van der Waals surface area contributed by atoms with E-state index >= 15 is 0 Å². The smallest absolute Gasteiger partial charge is 0.252 e. The van der Waals surface area contributed by atoms with Crippen molar-refractivity contribution in [1.82, 2.24) is 10.6 Å². The van der Waals surface area contributed by atoms with E-state index in [-0.39, 0.29) is 18.5 Å². The van der Waals surface area contributed by atoms with Crippen molar-refractivity contribution in [2.45, 2.75) is 57.0 Å². The minimum atomic E-state index is -1.96. The summed E-state index contributed by atoms with van der Waals surface area (Å²) in [6.45, 7) is 0.599. The summed E-state index contributed by atoms with van der Waals surface area (Å²) < 4.78 is 69.1. The molecule has 1 aliphatic carbocycles. The van der Waals surface area contributed by atoms with Gasteiger partial charge >= 0.3 is 0 Å². The Morgan fingerprint density at radius 1 is 0.919 bits per heavy atom. The van der Waals surface area contributed by atoms with Crippen molar-refractivity contribution in [2.24, 2.45) is 0 Å². The fraction of sp³-hybridized carbons (Fsp3) is 0.423. The van der Waals surface area contributed by atoms with Crippen molar-refractivity contribution >= 4 is 23.3 Å². The Kier molecular flexibility index (Phi) is 7.52. The van der Waals surface area contributed by atoms with Crippen LogP contribution in [0.1, 0.15) is 54.4 Å². The normalized spacial score (nSPS) is 19.5. The van der Waals surface area contributed by atoms with Crippen LogP contribution in [-0.4, -0.2) is 42.3 Å². The van der Waals surface area contributed by atoms with Crippen molar-refractivity contribution in [1.29, 1.82) is 0 Å². The Hall–Kier alpha value is -3.50. The number of rotatable bonds is 5. The molecule has 4 rings (SSSR count). The third-order valence-electron chi connectivity index (χ3n) is 7.12. The molecule has 0 bridgehead atoms. The van der Waals surface area contributed by atoms with Crippen molar-refractivity contribution in [3.63, 3.8) is 0 Å². The number of carbonyl (C=O) groups excluding carboxylic acids is 3. The number of halogens is 5. The number of hydrogen-bond acceptors (Lipinski definition) is 4. The molecule has 1 saturated heterocycles. The molecule has 2 fully saturated rings. The number of benzene rings is 2. The quantitative estimate of drug-likeness (QED) is 0.352. The Labute approximate surface area is 210 Å². The summed E-state index contributed by atoms with van der Waals surface area (Å²) >= 11 is 0. The lowest BCUT2D eigenvalue weighted by atomic mass is 9.80. The number of amides is 2. The summed E-state index contributed by atoms with van der Waals surface area (Å²) in [5.41, 5.74) is -2.09. The van der Waals surface area contributed by atoms with Crippen molar-refractivity contribution in [3.05, 3.63) is 64.5 Å². The van der Waals surface area contributed by atoms with Gasteiger partial charge in [-0.3, -0.25) is 14.4 Å². The van der Waals surface area contributed by atoms with Gasteiger partial charge in [-0.2, -0.15) is 0 Å². The SMILES string of the molecule is Cc1c(F)c(F)c(F)c(F)c1N1CCC(NC(=O)C2(NC(=O)c3ccc(F)cc3)CCCCC2)C(=O)C1. The maximum atomic E-state index is 14.4. The highest BCUT2D eigenvalue weighted by atomic mass is 19.2. The monoisotopic (exact) mass is 523 g/mol. The van der Waals surface area contributed by atoms with Crippen molar-refractivity contribution in [3.8, 4) is 0 Å². The van der Waals surface area contributed by atoms with Crippen LogP contribution in [-0.2, 0) is 9.59 Å². The second kappa shape index (κ2) is 10.5. The average Bonchev–Trinajstić information content (AvgIpc) is 2.88. The predicted octanol–water partition coefficient (Wildman–Crippen LogP) is 4.09. The van der Waals surface area contributed by atoms with Gasteiger partial charge in [-0.05, 0) is 50.5 Å². The van der Waals surface area contributed by atoms with E-state index in [1.54, 1.807) is 0 Å². The van der Waals surface area contributed by atoms with Crippen LogP contribution in [0.3, 0.4) is 0 Å². The van der Waals surface area contributed by atoms with Gasteiger partial charge in [-0.25, -0.2) is 22.0 Å². The first-order valence-corrected chi connectivity index (χ1v) is 12.0. The highest BCUT2D eigenvalue weighted by molar-refractivity contribution is 6.01. The third-order valence-corrected chi connectivity index (χ3v) is 7.12. The highest BCUT2D eigenvalue weighted by Crippen LogP contribution is 2.33. The number of nitrogens with one attached hydrogen (secondary N) is 2. The van der Waals surface area contributed by atoms with Gasteiger partial charge in [0.25, 0.3) is 5.91 Å². The zero-order valence-corrected chi connectivity index (χ0v) is 20.1. The standard InChI is InChI=1S/C26H26F5N3O3/c1-14-19(28)20(29)21(30)22(31)23(14)34-12-9-17(18(35)13-34)32-25(37)26(10-3-2-4-11-26)33-24(36)15-5-7-16(27)8-6-15/h5-8,17H,2-4,9-13H2,1H3,(H,32,37)(H,33,36). The minimum Gasteiger partial charge on any atom is -0.361 e. The van der Waals surface area contributed by atoms with E-state index in [1.807, 2.05) is 0 Å². The number of ketones is 1. The summed E-state index contributed by atoms with van der Waals surface area (Å²) in [4.78, 5) is 40.2. The molecular weight excluding hydrogens is 497 g/mol. The second-order valence-electron chi connectivity index (χ2n) is 9.54. The number of Topliss-reactive ketones (excluding diaryl/α,β-unsaturated/α-hetero) is 1. The van der Waals surface area contributed by atoms with Gasteiger partial charge in [0, 0.05) is 17.7 Å². The van der Waals surface area contributed by atoms with E-state index in [0.29, 0.717) is 25.7 Å². The molecule has 1 aliphatic heterocycles. The average molecular weight is 524 g/mol. The van der Waals surface area contributed by atoms with E-state index in [2.05, 4.69) is 10.6 Å². The first-order valence-electron chi connectivity index (χ1n) is 12.0. The molecule has 2 aliphatic rings. The fourth-order valence-corrected chi connectivity index (χ4v) is 5.02. The summed E-state index contributed by atoms with van der Waals surface area (Å²) in [6, 6.07) is 3.92. The first-order chi connectivity index (χ1) is 17.5. The van der Waals surface area contributed by atoms with Crippen LogP contribution in [0.15, 0.2) is 24.3 Å². The Balaban J connectivity index is 1.48.